The van der Waals surface area contributed by atoms with Crippen molar-refractivity contribution < 1.29 is 4.39 Å². The molecule has 0 unspecified atom stereocenters. The molecule has 3 nitrogen and oxygen atoms in total. The lowest BCUT2D eigenvalue weighted by Gasteiger charge is -2.15. The van der Waals surface area contributed by atoms with Crippen LogP contribution in [-0.2, 0) is 0 Å². The maximum atomic E-state index is 13.6. The fourth-order valence-corrected chi connectivity index (χ4v) is 2.43. The molecule has 0 spiro atoms. The summed E-state index contributed by atoms with van der Waals surface area (Å²) in [5, 5.41) is 3.15. The smallest absolute Gasteiger partial charge is 0.186 e. The van der Waals surface area contributed by atoms with E-state index in [0.29, 0.717) is 16.9 Å². The standard InChI is InChI=1S/C12H16FN3/c1-8-10(13)11(16-7-15-8)14-6-12(4-5-12)9-2-3-9/h7,9H,2-6H2,1H3,(H,14,15,16). The molecule has 1 heterocycles. The summed E-state index contributed by atoms with van der Waals surface area (Å²) in [4.78, 5) is 7.77. The second-order valence-corrected chi connectivity index (χ2v) is 5.11. The van der Waals surface area contributed by atoms with Crippen molar-refractivity contribution >= 4 is 5.82 Å². The second kappa shape index (κ2) is 3.40. The molecule has 2 aliphatic carbocycles. The van der Waals surface area contributed by atoms with Crippen LogP contribution in [0, 0.1) is 24.1 Å². The van der Waals surface area contributed by atoms with E-state index in [9.17, 15) is 4.39 Å². The van der Waals surface area contributed by atoms with Gasteiger partial charge < -0.3 is 5.32 Å². The Labute approximate surface area is 94.5 Å². The van der Waals surface area contributed by atoms with Gasteiger partial charge in [-0.1, -0.05) is 0 Å². The number of halogens is 1. The van der Waals surface area contributed by atoms with E-state index >= 15 is 0 Å². The number of anilines is 1. The molecule has 0 amide bonds. The Morgan fingerprint density at radius 3 is 2.81 bits per heavy atom. The van der Waals surface area contributed by atoms with Crippen molar-refractivity contribution in [2.75, 3.05) is 11.9 Å². The fourth-order valence-electron chi connectivity index (χ4n) is 2.43. The molecule has 0 radical (unpaired) electrons. The van der Waals surface area contributed by atoms with Crippen molar-refractivity contribution in [2.45, 2.75) is 32.6 Å². The third-order valence-electron chi connectivity index (χ3n) is 3.91. The largest absolute Gasteiger partial charge is 0.367 e. The van der Waals surface area contributed by atoms with E-state index in [1.807, 2.05) is 0 Å². The molecule has 16 heavy (non-hydrogen) atoms. The average molecular weight is 221 g/mol. The summed E-state index contributed by atoms with van der Waals surface area (Å²) in [5.74, 6) is 0.930. The van der Waals surface area contributed by atoms with Gasteiger partial charge in [-0.15, -0.1) is 0 Å². The SMILES string of the molecule is Cc1ncnc(NCC2(C3CC3)CC2)c1F. The number of hydrogen-bond acceptors (Lipinski definition) is 3. The van der Waals surface area contributed by atoms with E-state index in [4.69, 9.17) is 0 Å². The number of aromatic nitrogens is 2. The Balaban J connectivity index is 1.68. The molecule has 0 aromatic carbocycles. The third-order valence-corrected chi connectivity index (χ3v) is 3.91. The second-order valence-electron chi connectivity index (χ2n) is 5.11. The molecule has 0 aliphatic heterocycles. The monoisotopic (exact) mass is 221 g/mol. The molecular formula is C12H16FN3. The van der Waals surface area contributed by atoms with E-state index in [1.54, 1.807) is 6.92 Å². The van der Waals surface area contributed by atoms with Gasteiger partial charge in [-0.25, -0.2) is 14.4 Å². The third kappa shape index (κ3) is 1.66. The van der Waals surface area contributed by atoms with Crippen LogP contribution >= 0.6 is 0 Å². The highest BCUT2D eigenvalue weighted by Crippen LogP contribution is 2.61. The van der Waals surface area contributed by atoms with Crippen LogP contribution in [0.4, 0.5) is 10.2 Å². The predicted molar refractivity (Wildman–Crippen MR) is 59.6 cm³/mol. The summed E-state index contributed by atoms with van der Waals surface area (Å²) in [6.07, 6.45) is 6.70. The molecule has 3 rings (SSSR count). The molecule has 2 aliphatic rings. The van der Waals surface area contributed by atoms with Gasteiger partial charge in [-0.3, -0.25) is 0 Å². The quantitative estimate of drug-likeness (QED) is 0.849. The molecule has 0 bridgehead atoms. The summed E-state index contributed by atoms with van der Waals surface area (Å²) in [5.41, 5.74) is 0.874. The van der Waals surface area contributed by atoms with Crippen LogP contribution in [0.5, 0.6) is 0 Å². The Morgan fingerprint density at radius 2 is 2.19 bits per heavy atom. The van der Waals surface area contributed by atoms with E-state index < -0.39 is 0 Å². The Hall–Kier alpha value is -1.19. The molecule has 0 atom stereocenters. The minimum absolute atomic E-state index is 0.311. The Morgan fingerprint density at radius 1 is 1.44 bits per heavy atom. The molecule has 2 saturated carbocycles. The lowest BCUT2D eigenvalue weighted by Crippen LogP contribution is -2.19. The summed E-state index contributed by atoms with van der Waals surface area (Å²) in [7, 11) is 0. The Kier molecular flexibility index (Phi) is 2.13. The van der Waals surface area contributed by atoms with Crippen LogP contribution in [0.2, 0.25) is 0 Å². The number of nitrogens with zero attached hydrogens (tertiary/aromatic N) is 2. The fraction of sp³-hybridized carbons (Fsp3) is 0.667. The van der Waals surface area contributed by atoms with Gasteiger partial charge in [0.1, 0.15) is 6.33 Å². The minimum Gasteiger partial charge on any atom is -0.367 e. The molecule has 0 saturated heterocycles. The van der Waals surface area contributed by atoms with Gasteiger partial charge in [0.15, 0.2) is 11.6 Å². The van der Waals surface area contributed by atoms with E-state index in [1.165, 1.54) is 32.0 Å². The molecule has 2 fully saturated rings. The first-order valence-corrected chi connectivity index (χ1v) is 5.92. The van der Waals surface area contributed by atoms with E-state index in [-0.39, 0.29) is 5.82 Å². The first-order valence-electron chi connectivity index (χ1n) is 5.92. The van der Waals surface area contributed by atoms with Crippen molar-refractivity contribution in [3.05, 3.63) is 17.8 Å². The molecule has 4 heteroatoms. The molecule has 86 valence electrons. The van der Waals surface area contributed by atoms with Crippen molar-refractivity contribution in [3.63, 3.8) is 0 Å². The maximum Gasteiger partial charge on any atom is 0.186 e. The zero-order valence-corrected chi connectivity index (χ0v) is 9.46. The number of rotatable bonds is 4. The van der Waals surface area contributed by atoms with Gasteiger partial charge in [-0.2, -0.15) is 0 Å². The van der Waals surface area contributed by atoms with Gasteiger partial charge in [0.05, 0.1) is 5.69 Å². The number of aryl methyl sites for hydroxylation is 1. The zero-order chi connectivity index (χ0) is 11.2. The van der Waals surface area contributed by atoms with Crippen molar-refractivity contribution in [3.8, 4) is 0 Å². The van der Waals surface area contributed by atoms with Crippen LogP contribution in [0.25, 0.3) is 0 Å². The molecule has 1 aromatic rings. The number of nitrogens with one attached hydrogen (secondary N) is 1. The van der Waals surface area contributed by atoms with Crippen LogP contribution in [0.1, 0.15) is 31.4 Å². The highest BCUT2D eigenvalue weighted by atomic mass is 19.1. The molecular weight excluding hydrogens is 205 g/mol. The average Bonchev–Trinajstić information content (AvgIpc) is 3.14. The van der Waals surface area contributed by atoms with Crippen LogP contribution in [-0.4, -0.2) is 16.5 Å². The van der Waals surface area contributed by atoms with Gasteiger partial charge in [0, 0.05) is 6.54 Å². The summed E-state index contributed by atoms with van der Waals surface area (Å²) >= 11 is 0. The molecule has 1 aromatic heterocycles. The predicted octanol–water partition coefficient (Wildman–Crippen LogP) is 2.53. The van der Waals surface area contributed by atoms with Crippen LogP contribution in [0.15, 0.2) is 6.33 Å². The molecule has 1 N–H and O–H groups in total. The lowest BCUT2D eigenvalue weighted by molar-refractivity contribution is 0.464. The van der Waals surface area contributed by atoms with Crippen LogP contribution in [0.3, 0.4) is 0 Å². The first-order chi connectivity index (χ1) is 7.71. The zero-order valence-electron chi connectivity index (χ0n) is 9.46. The maximum absolute atomic E-state index is 13.6. The minimum atomic E-state index is -0.311. The normalized spacial score (nSPS) is 21.9. The van der Waals surface area contributed by atoms with Crippen LogP contribution < -0.4 is 5.32 Å². The topological polar surface area (TPSA) is 37.8 Å². The van der Waals surface area contributed by atoms with Gasteiger partial charge in [0.2, 0.25) is 0 Å². The Bertz CT molecular complexity index is 411. The van der Waals surface area contributed by atoms with Gasteiger partial charge in [-0.05, 0) is 43.9 Å². The highest BCUT2D eigenvalue weighted by Gasteiger charge is 2.53. The van der Waals surface area contributed by atoms with Crippen molar-refractivity contribution in [2.24, 2.45) is 11.3 Å². The van der Waals surface area contributed by atoms with Crippen molar-refractivity contribution in [1.29, 1.82) is 0 Å². The van der Waals surface area contributed by atoms with Gasteiger partial charge in [0.25, 0.3) is 0 Å². The summed E-state index contributed by atoms with van der Waals surface area (Å²) in [6, 6.07) is 0. The number of hydrogen-bond donors (Lipinski definition) is 1. The summed E-state index contributed by atoms with van der Waals surface area (Å²) in [6.45, 7) is 2.53. The van der Waals surface area contributed by atoms with E-state index in [0.717, 1.165) is 12.5 Å². The first kappa shape index (κ1) is 10.00. The summed E-state index contributed by atoms with van der Waals surface area (Å²) < 4.78 is 13.6. The van der Waals surface area contributed by atoms with Gasteiger partial charge >= 0.3 is 0 Å². The van der Waals surface area contributed by atoms with E-state index in [2.05, 4.69) is 15.3 Å². The van der Waals surface area contributed by atoms with Crippen molar-refractivity contribution in [1.82, 2.24) is 9.97 Å². The highest BCUT2D eigenvalue weighted by molar-refractivity contribution is 5.37. The lowest BCUT2D eigenvalue weighted by atomic mass is 10.0.